The lowest BCUT2D eigenvalue weighted by Gasteiger charge is -2.05. The molecule has 5 aromatic rings. The van der Waals surface area contributed by atoms with Crippen LogP contribution in [0.4, 0.5) is 4.39 Å². The summed E-state index contributed by atoms with van der Waals surface area (Å²) in [4.78, 5) is 21.9. The average molecular weight is 483 g/mol. The first-order valence-electron chi connectivity index (χ1n) is 10.7. The monoisotopic (exact) mass is 482 g/mol. The predicted octanol–water partition coefficient (Wildman–Crippen LogP) is 6.07. The van der Waals surface area contributed by atoms with Crippen molar-refractivity contribution in [2.24, 2.45) is 0 Å². The van der Waals surface area contributed by atoms with E-state index in [4.69, 9.17) is 5.10 Å². The van der Waals surface area contributed by atoms with Crippen molar-refractivity contribution in [3.05, 3.63) is 109 Å². The Bertz CT molecular complexity index is 1450. The van der Waals surface area contributed by atoms with E-state index in [2.05, 4.69) is 14.7 Å². The highest BCUT2D eigenvalue weighted by atomic mass is 32.2. The molecule has 5 rings (SSSR count). The van der Waals surface area contributed by atoms with Gasteiger partial charge in [-0.2, -0.15) is 5.10 Å². The molecule has 35 heavy (non-hydrogen) atoms. The van der Waals surface area contributed by atoms with Gasteiger partial charge >= 0.3 is 5.97 Å². The molecule has 2 aromatic heterocycles. The molecule has 0 aliphatic carbocycles. The molecule has 0 unspecified atom stereocenters. The van der Waals surface area contributed by atoms with Crippen molar-refractivity contribution in [2.45, 2.75) is 9.79 Å². The minimum absolute atomic E-state index is 0.154. The van der Waals surface area contributed by atoms with Gasteiger partial charge in [0.1, 0.15) is 11.5 Å². The van der Waals surface area contributed by atoms with Crippen LogP contribution in [-0.2, 0) is 4.74 Å². The number of benzene rings is 3. The summed E-state index contributed by atoms with van der Waals surface area (Å²) < 4.78 is 19.9. The van der Waals surface area contributed by atoms with Crippen molar-refractivity contribution < 1.29 is 13.9 Å². The fourth-order valence-corrected chi connectivity index (χ4v) is 4.40. The molecule has 0 atom stereocenters. The summed E-state index contributed by atoms with van der Waals surface area (Å²) in [6, 6.07) is 24.1. The first-order valence-corrected chi connectivity index (χ1v) is 11.5. The van der Waals surface area contributed by atoms with Crippen molar-refractivity contribution in [1.82, 2.24) is 19.7 Å². The zero-order valence-electron chi connectivity index (χ0n) is 18.6. The molecule has 0 saturated heterocycles. The molecule has 0 aliphatic rings. The number of methoxy groups -OCH3 is 1. The number of carbonyl (C=O) groups is 1. The average Bonchev–Trinajstić information content (AvgIpc) is 3.34. The van der Waals surface area contributed by atoms with Gasteiger partial charge in [0.25, 0.3) is 0 Å². The van der Waals surface area contributed by atoms with E-state index in [0.717, 1.165) is 32.3 Å². The summed E-state index contributed by atoms with van der Waals surface area (Å²) >= 11 is 1.52. The van der Waals surface area contributed by atoms with Crippen molar-refractivity contribution in [3.8, 4) is 28.2 Å². The molecular weight excluding hydrogens is 463 g/mol. The summed E-state index contributed by atoms with van der Waals surface area (Å²) in [5, 5.41) is 4.85. The van der Waals surface area contributed by atoms with Crippen LogP contribution in [0.15, 0.2) is 107 Å². The number of hydrogen-bond donors (Lipinski definition) is 0. The Labute approximate surface area is 205 Å². The summed E-state index contributed by atoms with van der Waals surface area (Å²) in [5.74, 6) is -0.799. The smallest absolute Gasteiger partial charge is 0.358 e. The SMILES string of the molecule is COC(=O)c1cnc(-c2ccc(-c3nn(-c4ccccc4)cc3Sc3ccc(F)cc3)cc2)cn1. The van der Waals surface area contributed by atoms with Crippen molar-refractivity contribution in [1.29, 1.82) is 0 Å². The Morgan fingerprint density at radius 3 is 2.26 bits per heavy atom. The standard InChI is InChI=1S/C27H19FN4O2S/c1-34-27(33)24-16-29-23(15-30-24)18-7-9-19(10-8-18)26-25(35-22-13-11-20(28)12-14-22)17-32(31-26)21-5-3-2-4-6-21/h2-17H,1H3. The third-order valence-electron chi connectivity index (χ3n) is 5.24. The molecule has 0 bridgehead atoms. The number of hydrogen-bond acceptors (Lipinski definition) is 6. The largest absolute Gasteiger partial charge is 0.464 e. The number of ether oxygens (including phenoxy) is 1. The van der Waals surface area contributed by atoms with Crippen LogP contribution in [-0.4, -0.2) is 32.8 Å². The molecule has 6 nitrogen and oxygen atoms in total. The van der Waals surface area contributed by atoms with Gasteiger partial charge in [0.05, 0.1) is 35.8 Å². The minimum Gasteiger partial charge on any atom is -0.464 e. The van der Waals surface area contributed by atoms with Crippen molar-refractivity contribution in [3.63, 3.8) is 0 Å². The Kier molecular flexibility index (Phi) is 6.36. The highest BCUT2D eigenvalue weighted by Crippen LogP contribution is 2.36. The van der Waals surface area contributed by atoms with E-state index in [1.54, 1.807) is 18.3 Å². The van der Waals surface area contributed by atoms with Gasteiger partial charge in [-0.3, -0.25) is 4.98 Å². The maximum atomic E-state index is 13.4. The van der Waals surface area contributed by atoms with E-state index in [1.165, 1.54) is 37.2 Å². The van der Waals surface area contributed by atoms with Gasteiger partial charge in [-0.15, -0.1) is 0 Å². The predicted molar refractivity (Wildman–Crippen MR) is 132 cm³/mol. The van der Waals surface area contributed by atoms with Crippen LogP contribution < -0.4 is 0 Å². The lowest BCUT2D eigenvalue weighted by atomic mass is 10.1. The van der Waals surface area contributed by atoms with E-state index in [0.29, 0.717) is 5.69 Å². The van der Waals surface area contributed by atoms with Gasteiger partial charge in [0.2, 0.25) is 0 Å². The lowest BCUT2D eigenvalue weighted by molar-refractivity contribution is 0.0593. The molecule has 0 fully saturated rings. The van der Waals surface area contributed by atoms with Crippen LogP contribution in [0.3, 0.4) is 0 Å². The van der Waals surface area contributed by atoms with E-state index >= 15 is 0 Å². The molecule has 0 N–H and O–H groups in total. The quantitative estimate of drug-likeness (QED) is 0.274. The van der Waals surface area contributed by atoms with Crippen molar-refractivity contribution >= 4 is 17.7 Å². The number of esters is 1. The van der Waals surface area contributed by atoms with Gasteiger partial charge in [-0.05, 0) is 36.4 Å². The second kappa shape index (κ2) is 9.90. The fraction of sp³-hybridized carbons (Fsp3) is 0.0370. The number of rotatable bonds is 6. The summed E-state index contributed by atoms with van der Waals surface area (Å²) in [5.41, 5.74) is 4.32. The van der Waals surface area contributed by atoms with Crippen LogP contribution in [0.25, 0.3) is 28.2 Å². The number of carbonyl (C=O) groups excluding carboxylic acids is 1. The van der Waals surface area contributed by atoms with Gasteiger partial charge in [0, 0.05) is 22.2 Å². The molecule has 3 aromatic carbocycles. The lowest BCUT2D eigenvalue weighted by Crippen LogP contribution is -2.04. The topological polar surface area (TPSA) is 69.9 Å². The molecule has 0 amide bonds. The Hall–Kier alpha value is -4.30. The molecule has 0 saturated carbocycles. The van der Waals surface area contributed by atoms with Crippen LogP contribution in [0.5, 0.6) is 0 Å². The third kappa shape index (κ3) is 4.97. The maximum Gasteiger partial charge on any atom is 0.358 e. The number of aromatic nitrogens is 4. The first-order chi connectivity index (χ1) is 17.1. The summed E-state index contributed by atoms with van der Waals surface area (Å²) in [6.45, 7) is 0. The molecule has 0 spiro atoms. The molecule has 0 radical (unpaired) electrons. The highest BCUT2D eigenvalue weighted by molar-refractivity contribution is 7.99. The highest BCUT2D eigenvalue weighted by Gasteiger charge is 2.15. The van der Waals surface area contributed by atoms with Crippen LogP contribution in [0.2, 0.25) is 0 Å². The normalized spacial score (nSPS) is 10.8. The van der Waals surface area contributed by atoms with Crippen LogP contribution in [0, 0.1) is 5.82 Å². The van der Waals surface area contributed by atoms with Gasteiger partial charge in [0.15, 0.2) is 5.69 Å². The first kappa shape index (κ1) is 22.5. The molecule has 8 heteroatoms. The number of halogens is 1. The molecular formula is C27H19FN4O2S. The molecule has 2 heterocycles. The maximum absolute atomic E-state index is 13.4. The van der Waals surface area contributed by atoms with E-state index in [-0.39, 0.29) is 11.5 Å². The fourth-order valence-electron chi connectivity index (χ4n) is 3.46. The summed E-state index contributed by atoms with van der Waals surface area (Å²) in [6.07, 6.45) is 4.92. The van der Waals surface area contributed by atoms with Gasteiger partial charge < -0.3 is 4.74 Å². The third-order valence-corrected chi connectivity index (χ3v) is 6.27. The van der Waals surface area contributed by atoms with Gasteiger partial charge in [-0.1, -0.05) is 54.2 Å². The number of para-hydroxylation sites is 1. The van der Waals surface area contributed by atoms with Crippen LogP contribution in [0.1, 0.15) is 10.5 Å². The zero-order valence-corrected chi connectivity index (χ0v) is 19.4. The van der Waals surface area contributed by atoms with E-state index in [9.17, 15) is 9.18 Å². The second-order valence-electron chi connectivity index (χ2n) is 7.53. The number of nitrogens with zero attached hydrogens (tertiary/aromatic N) is 4. The Morgan fingerprint density at radius 1 is 0.886 bits per heavy atom. The van der Waals surface area contributed by atoms with Gasteiger partial charge in [-0.25, -0.2) is 18.9 Å². The molecule has 0 aliphatic heterocycles. The van der Waals surface area contributed by atoms with Crippen molar-refractivity contribution in [2.75, 3.05) is 7.11 Å². The Morgan fingerprint density at radius 2 is 1.60 bits per heavy atom. The van der Waals surface area contributed by atoms with E-state index in [1.807, 2.05) is 65.5 Å². The zero-order chi connectivity index (χ0) is 24.2. The summed E-state index contributed by atoms with van der Waals surface area (Å²) in [7, 11) is 1.30. The minimum atomic E-state index is -0.528. The Balaban J connectivity index is 1.48. The van der Waals surface area contributed by atoms with Crippen LogP contribution >= 0.6 is 11.8 Å². The molecule has 172 valence electrons. The van der Waals surface area contributed by atoms with E-state index < -0.39 is 5.97 Å². The second-order valence-corrected chi connectivity index (χ2v) is 8.65.